The van der Waals surface area contributed by atoms with E-state index in [2.05, 4.69) is 68.8 Å². The Hall–Kier alpha value is -4.39. The molecule has 7 nitrogen and oxygen atoms in total. The number of amidine groups is 2. The molecule has 6 rings (SSSR count). The molecule has 5 N–H and O–H groups in total. The van der Waals surface area contributed by atoms with Crippen LogP contribution >= 0.6 is 0 Å². The maximum absolute atomic E-state index is 7.58. The van der Waals surface area contributed by atoms with Gasteiger partial charge in [-0.25, -0.2) is 4.98 Å². The average molecular weight is 434 g/mol. The molecule has 162 valence electrons. The van der Waals surface area contributed by atoms with Gasteiger partial charge in [0, 0.05) is 47.6 Å². The van der Waals surface area contributed by atoms with Crippen molar-refractivity contribution in [2.45, 2.75) is 6.42 Å². The second-order valence-electron chi connectivity index (χ2n) is 8.30. The Balaban J connectivity index is 1.30. The fraction of sp³-hybridized carbons (Fsp3) is 0.115. The summed E-state index contributed by atoms with van der Waals surface area (Å²) in [6.45, 7) is 1.86. The van der Waals surface area contributed by atoms with Crippen LogP contribution in [0.25, 0.3) is 38.9 Å². The molecule has 0 atom stereocenters. The van der Waals surface area contributed by atoms with E-state index in [1.54, 1.807) is 6.20 Å². The molecule has 1 aliphatic heterocycles. The summed E-state index contributed by atoms with van der Waals surface area (Å²) >= 11 is 0. The van der Waals surface area contributed by atoms with Crippen LogP contribution in [0.3, 0.4) is 0 Å². The van der Waals surface area contributed by atoms with Crippen LogP contribution in [0.2, 0.25) is 0 Å². The van der Waals surface area contributed by atoms with Crippen molar-refractivity contribution in [3.63, 3.8) is 0 Å². The molecular formula is C26H23N7. The fourth-order valence-electron chi connectivity index (χ4n) is 4.29. The van der Waals surface area contributed by atoms with Crippen molar-refractivity contribution in [1.29, 1.82) is 5.41 Å². The molecule has 0 bridgehead atoms. The van der Waals surface area contributed by atoms with Gasteiger partial charge in [-0.15, -0.1) is 0 Å². The minimum absolute atomic E-state index is 0.0296. The minimum Gasteiger partial charge on any atom is -0.382 e. The topological polar surface area (TPSA) is 107 Å². The quantitative estimate of drug-likeness (QED) is 0.252. The average Bonchev–Trinajstić information content (AvgIpc) is 3.48. The molecule has 4 heterocycles. The smallest absolute Gasteiger partial charge is 0.143 e. The predicted octanol–water partition coefficient (Wildman–Crippen LogP) is 4.17. The normalized spacial score (nSPS) is 13.8. The van der Waals surface area contributed by atoms with E-state index in [0.29, 0.717) is 5.69 Å². The van der Waals surface area contributed by atoms with E-state index in [9.17, 15) is 0 Å². The summed E-state index contributed by atoms with van der Waals surface area (Å²) in [5.41, 5.74) is 13.4. The molecule has 0 radical (unpaired) electrons. The number of hydrogen-bond donors (Lipinski definition) is 4. The monoisotopic (exact) mass is 433 g/mol. The highest BCUT2D eigenvalue weighted by atomic mass is 15.0. The van der Waals surface area contributed by atoms with Crippen LogP contribution in [0.4, 0.5) is 0 Å². The van der Waals surface area contributed by atoms with Gasteiger partial charge in [0.1, 0.15) is 23.0 Å². The first-order chi connectivity index (χ1) is 16.1. The summed E-state index contributed by atoms with van der Waals surface area (Å²) in [7, 11) is 0. The number of aliphatic imine (C=N–C) groups is 1. The SMILES string of the molecule is N=C(N)c1cn2cc(-c3ccc(-c4cc5ccc(C6=NCCCN6)cc5[nH]4)cc3)ccc2n1. The van der Waals surface area contributed by atoms with Crippen molar-refractivity contribution in [2.24, 2.45) is 10.7 Å². The van der Waals surface area contributed by atoms with Gasteiger partial charge in [0.2, 0.25) is 0 Å². The number of nitrogens with two attached hydrogens (primary N) is 1. The molecular weight excluding hydrogens is 410 g/mol. The first kappa shape index (κ1) is 19.3. The van der Waals surface area contributed by atoms with Crippen molar-refractivity contribution < 1.29 is 0 Å². The van der Waals surface area contributed by atoms with Crippen LogP contribution in [-0.4, -0.2) is 39.1 Å². The van der Waals surface area contributed by atoms with Crippen molar-refractivity contribution >= 4 is 28.2 Å². The largest absolute Gasteiger partial charge is 0.382 e. The van der Waals surface area contributed by atoms with Gasteiger partial charge in [-0.2, -0.15) is 0 Å². The Morgan fingerprint density at radius 2 is 1.70 bits per heavy atom. The Morgan fingerprint density at radius 1 is 0.909 bits per heavy atom. The van der Waals surface area contributed by atoms with E-state index in [-0.39, 0.29) is 5.84 Å². The van der Waals surface area contributed by atoms with E-state index in [1.165, 1.54) is 5.39 Å². The summed E-state index contributed by atoms with van der Waals surface area (Å²) in [5.74, 6) is 0.951. The number of aromatic nitrogens is 3. The lowest BCUT2D eigenvalue weighted by atomic mass is 10.0. The first-order valence-electron chi connectivity index (χ1n) is 11.0. The lowest BCUT2D eigenvalue weighted by Crippen LogP contribution is -2.30. The Bertz CT molecular complexity index is 1540. The third-order valence-corrected chi connectivity index (χ3v) is 6.05. The number of H-pyrrole nitrogens is 1. The Labute approximate surface area is 190 Å². The number of imidazole rings is 1. The van der Waals surface area contributed by atoms with Crippen LogP contribution in [-0.2, 0) is 0 Å². The van der Waals surface area contributed by atoms with Crippen molar-refractivity contribution in [3.8, 4) is 22.4 Å². The highest BCUT2D eigenvalue weighted by molar-refractivity contribution is 6.02. The van der Waals surface area contributed by atoms with Crippen LogP contribution in [0, 0.1) is 5.41 Å². The third kappa shape index (κ3) is 3.53. The highest BCUT2D eigenvalue weighted by Gasteiger charge is 2.10. The molecule has 0 spiro atoms. The van der Waals surface area contributed by atoms with Crippen LogP contribution in [0.5, 0.6) is 0 Å². The van der Waals surface area contributed by atoms with E-state index < -0.39 is 0 Å². The summed E-state index contributed by atoms with van der Waals surface area (Å²) < 4.78 is 1.90. The summed E-state index contributed by atoms with van der Waals surface area (Å²) in [6.07, 6.45) is 4.88. The molecule has 1 aliphatic rings. The molecule has 0 saturated heterocycles. The molecule has 33 heavy (non-hydrogen) atoms. The standard InChI is InChI=1S/C26H23N7/c27-25(28)23-15-33-14-20(8-9-24(33)32-23)16-2-4-17(5-3-16)21-12-18-6-7-19(13-22(18)31-21)26-29-10-1-11-30-26/h2-9,12-15,31H,1,10-11H2,(H3,27,28)(H,29,30). The summed E-state index contributed by atoms with van der Waals surface area (Å²) in [6, 6.07) is 21.1. The second-order valence-corrected chi connectivity index (χ2v) is 8.30. The second kappa shape index (κ2) is 7.63. The Morgan fingerprint density at radius 3 is 2.48 bits per heavy atom. The van der Waals surface area contributed by atoms with Crippen molar-refractivity contribution in [1.82, 2.24) is 19.7 Å². The molecule has 0 unspecified atom stereocenters. The van der Waals surface area contributed by atoms with Crippen LogP contribution in [0.15, 0.2) is 78.0 Å². The molecule has 0 aliphatic carbocycles. The molecule has 3 aromatic heterocycles. The van der Waals surface area contributed by atoms with Gasteiger partial charge in [-0.05, 0) is 47.4 Å². The number of nitrogen functional groups attached to an aromatic ring is 1. The molecule has 7 heteroatoms. The lowest BCUT2D eigenvalue weighted by molar-refractivity contribution is 0.742. The number of pyridine rings is 1. The number of rotatable bonds is 4. The number of fused-ring (bicyclic) bond motifs is 2. The third-order valence-electron chi connectivity index (χ3n) is 6.05. The first-order valence-corrected chi connectivity index (χ1v) is 11.0. The number of benzene rings is 2. The molecule has 5 aromatic rings. The zero-order chi connectivity index (χ0) is 22.4. The maximum atomic E-state index is 7.58. The zero-order valence-corrected chi connectivity index (χ0v) is 18.0. The number of nitrogens with zero attached hydrogens (tertiary/aromatic N) is 3. The molecule has 2 aromatic carbocycles. The Kier molecular flexibility index (Phi) is 4.47. The summed E-state index contributed by atoms with van der Waals surface area (Å²) in [5, 5.41) is 12.2. The minimum atomic E-state index is -0.0296. The number of aromatic amines is 1. The van der Waals surface area contributed by atoms with Gasteiger partial charge >= 0.3 is 0 Å². The summed E-state index contributed by atoms with van der Waals surface area (Å²) in [4.78, 5) is 12.5. The maximum Gasteiger partial charge on any atom is 0.143 e. The molecule has 0 saturated carbocycles. The number of nitrogens with one attached hydrogen (secondary N) is 3. The van der Waals surface area contributed by atoms with Gasteiger partial charge in [0.15, 0.2) is 0 Å². The van der Waals surface area contributed by atoms with E-state index in [0.717, 1.165) is 64.5 Å². The van der Waals surface area contributed by atoms with Crippen LogP contribution < -0.4 is 11.1 Å². The van der Waals surface area contributed by atoms with Crippen molar-refractivity contribution in [2.75, 3.05) is 13.1 Å². The van der Waals surface area contributed by atoms with Gasteiger partial charge in [0.25, 0.3) is 0 Å². The number of hydrogen-bond acceptors (Lipinski definition) is 4. The van der Waals surface area contributed by atoms with E-state index in [4.69, 9.17) is 11.1 Å². The molecule has 0 fully saturated rings. The lowest BCUT2D eigenvalue weighted by Gasteiger charge is -2.14. The van der Waals surface area contributed by atoms with Gasteiger partial charge < -0.3 is 20.4 Å². The van der Waals surface area contributed by atoms with Crippen LogP contribution in [0.1, 0.15) is 17.7 Å². The molecule has 0 amide bonds. The fourth-order valence-corrected chi connectivity index (χ4v) is 4.29. The van der Waals surface area contributed by atoms with E-state index in [1.807, 2.05) is 22.7 Å². The van der Waals surface area contributed by atoms with Crippen molar-refractivity contribution in [3.05, 3.63) is 84.3 Å². The predicted molar refractivity (Wildman–Crippen MR) is 133 cm³/mol. The van der Waals surface area contributed by atoms with E-state index >= 15 is 0 Å². The van der Waals surface area contributed by atoms with Gasteiger partial charge in [-0.1, -0.05) is 36.4 Å². The highest BCUT2D eigenvalue weighted by Crippen LogP contribution is 2.28. The van der Waals surface area contributed by atoms with Gasteiger partial charge in [-0.3, -0.25) is 10.4 Å². The zero-order valence-electron chi connectivity index (χ0n) is 18.0. The van der Waals surface area contributed by atoms with Gasteiger partial charge in [0.05, 0.1) is 0 Å².